The van der Waals surface area contributed by atoms with Gasteiger partial charge in [0, 0.05) is 5.57 Å². The summed E-state index contributed by atoms with van der Waals surface area (Å²) in [5.41, 5.74) is 1.32. The third kappa shape index (κ3) is 0.835. The molecule has 1 aliphatic carbocycles. The average Bonchev–Trinajstić information content (AvgIpc) is 2.41. The molecular weight excluding hydrogens is 163 g/mol. The first-order chi connectivity index (χ1) is 5.29. The zero-order chi connectivity index (χ0) is 7.84. The summed E-state index contributed by atoms with van der Waals surface area (Å²) in [7, 11) is -2.61. The minimum Gasteiger partial charge on any atom is -0.230 e. The predicted molar refractivity (Wildman–Crippen MR) is 37.4 cm³/mol. The van der Waals surface area contributed by atoms with Crippen LogP contribution in [-0.4, -0.2) is 0 Å². The van der Waals surface area contributed by atoms with E-state index in [2.05, 4.69) is 10.2 Å². The summed E-state index contributed by atoms with van der Waals surface area (Å²) in [4.78, 5) is 0. The highest BCUT2D eigenvalue weighted by Gasteiger charge is 2.21. The predicted octanol–water partition coefficient (Wildman–Crippen LogP) is 2.29. The van der Waals surface area contributed by atoms with Gasteiger partial charge in [0.05, 0.1) is 5.70 Å². The number of rotatable bonds is 1. The van der Waals surface area contributed by atoms with Gasteiger partial charge < -0.3 is 0 Å². The molecule has 0 radical (unpaired) electrons. The first kappa shape index (κ1) is 6.43. The molecule has 0 amide bonds. The van der Waals surface area contributed by atoms with Crippen LogP contribution in [0.4, 0.5) is 0 Å². The van der Waals surface area contributed by atoms with Gasteiger partial charge in [0.2, 0.25) is 0 Å². The molecule has 5 heteroatoms. The summed E-state index contributed by atoms with van der Waals surface area (Å²) in [6.07, 6.45) is 5.17. The Hall–Kier alpha value is -1.28. The minimum absolute atomic E-state index is 0.0694. The lowest BCUT2D eigenvalue weighted by atomic mass is 10.3. The monoisotopic (exact) mass is 166 g/mol. The highest BCUT2D eigenvalue weighted by Crippen LogP contribution is 2.37. The maximum absolute atomic E-state index is 10.5. The van der Waals surface area contributed by atoms with Crippen molar-refractivity contribution in [1.29, 1.82) is 0 Å². The highest BCUT2D eigenvalue weighted by atomic mass is 31.1. The van der Waals surface area contributed by atoms with E-state index in [0.29, 0.717) is 11.3 Å². The van der Waals surface area contributed by atoms with Crippen LogP contribution in [0, 0.1) is 0 Å². The van der Waals surface area contributed by atoms with Crippen LogP contribution in [0.15, 0.2) is 45.2 Å². The summed E-state index contributed by atoms with van der Waals surface area (Å²) in [5.74, 6) is 0. The smallest absolute Gasteiger partial charge is 0.230 e. The fourth-order valence-electron chi connectivity index (χ4n) is 0.977. The fourth-order valence-corrected chi connectivity index (χ4v) is 1.48. The molecular formula is C6H3N2O2P. The molecule has 2 rings (SSSR count). The van der Waals surface area contributed by atoms with E-state index in [0.717, 1.165) is 0 Å². The summed E-state index contributed by atoms with van der Waals surface area (Å²) in [6, 6.07) is 0. The number of nitrogens with zero attached hydrogens (tertiary/aromatic N) is 2. The van der Waals surface area contributed by atoms with Crippen molar-refractivity contribution in [1.82, 2.24) is 0 Å². The molecule has 0 fully saturated rings. The lowest BCUT2D eigenvalue weighted by Gasteiger charge is -1.84. The largest absolute Gasteiger partial charge is 0.370 e. The first-order valence-corrected chi connectivity index (χ1v) is 4.16. The third-order valence-electron chi connectivity index (χ3n) is 1.46. The molecule has 11 heavy (non-hydrogen) atoms. The van der Waals surface area contributed by atoms with Crippen molar-refractivity contribution in [2.24, 2.45) is 10.2 Å². The topological polar surface area (TPSA) is 58.9 Å². The Bertz CT molecular complexity index is 391. The number of azo groups is 1. The molecule has 0 N–H and O–H groups in total. The van der Waals surface area contributed by atoms with E-state index in [-0.39, 0.29) is 5.44 Å². The Labute approximate surface area is 62.8 Å². The Morgan fingerprint density at radius 3 is 2.82 bits per heavy atom. The van der Waals surface area contributed by atoms with Gasteiger partial charge in [-0.05, 0) is 12.2 Å². The van der Waals surface area contributed by atoms with Crippen LogP contribution >= 0.6 is 7.68 Å². The molecule has 0 saturated carbocycles. The lowest BCUT2D eigenvalue weighted by molar-refractivity contribution is 0.519. The van der Waals surface area contributed by atoms with Crippen molar-refractivity contribution in [3.05, 3.63) is 34.9 Å². The van der Waals surface area contributed by atoms with E-state index >= 15 is 0 Å². The molecule has 0 aromatic carbocycles. The van der Waals surface area contributed by atoms with Gasteiger partial charge in [-0.25, -0.2) is 9.13 Å². The van der Waals surface area contributed by atoms with Gasteiger partial charge in [-0.3, -0.25) is 0 Å². The van der Waals surface area contributed by atoms with Crippen LogP contribution in [0.3, 0.4) is 0 Å². The molecule has 0 bridgehead atoms. The minimum atomic E-state index is -2.61. The Morgan fingerprint density at radius 1 is 1.27 bits per heavy atom. The van der Waals surface area contributed by atoms with E-state index in [1.165, 1.54) is 0 Å². The number of allylic oxidation sites excluding steroid dienone is 3. The van der Waals surface area contributed by atoms with Gasteiger partial charge in [0.15, 0.2) is 5.44 Å². The highest BCUT2D eigenvalue weighted by molar-refractivity contribution is 7.36. The quantitative estimate of drug-likeness (QED) is 0.561. The second-order valence-corrected chi connectivity index (χ2v) is 3.04. The van der Waals surface area contributed by atoms with E-state index in [9.17, 15) is 9.13 Å². The number of hydrogen-bond acceptors (Lipinski definition) is 4. The van der Waals surface area contributed by atoms with Crippen LogP contribution < -0.4 is 0 Å². The second-order valence-electron chi connectivity index (χ2n) is 2.11. The zero-order valence-electron chi connectivity index (χ0n) is 5.39. The van der Waals surface area contributed by atoms with Crippen LogP contribution in [0.1, 0.15) is 0 Å². The van der Waals surface area contributed by atoms with E-state index in [4.69, 9.17) is 0 Å². The standard InChI is InChI=1S/C6H3N2O2P/c9-11(10)6-4-2-1-3-5(4)7-8-6/h1-3H. The molecule has 4 nitrogen and oxygen atoms in total. The van der Waals surface area contributed by atoms with Gasteiger partial charge >= 0.3 is 7.68 Å². The molecule has 0 spiro atoms. The third-order valence-corrected chi connectivity index (χ3v) is 2.14. The van der Waals surface area contributed by atoms with Crippen LogP contribution in [0.5, 0.6) is 0 Å². The molecule has 0 unspecified atom stereocenters. The maximum Gasteiger partial charge on any atom is 0.370 e. The van der Waals surface area contributed by atoms with E-state index in [1.807, 2.05) is 0 Å². The van der Waals surface area contributed by atoms with Crippen molar-refractivity contribution in [2.45, 2.75) is 0 Å². The summed E-state index contributed by atoms with van der Waals surface area (Å²) >= 11 is 0. The number of hydrogen-bond donors (Lipinski definition) is 0. The van der Waals surface area contributed by atoms with Crippen LogP contribution in [0.25, 0.3) is 0 Å². The van der Waals surface area contributed by atoms with Gasteiger partial charge in [0.1, 0.15) is 0 Å². The Morgan fingerprint density at radius 2 is 2.09 bits per heavy atom. The maximum atomic E-state index is 10.5. The van der Waals surface area contributed by atoms with Crippen LogP contribution in [0.2, 0.25) is 0 Å². The van der Waals surface area contributed by atoms with Gasteiger partial charge in [-0.15, -0.1) is 10.2 Å². The average molecular weight is 166 g/mol. The SMILES string of the molecule is O=P(=O)C1=C2C=CC=C2N=N1. The van der Waals surface area contributed by atoms with Crippen molar-refractivity contribution in [3.63, 3.8) is 0 Å². The molecule has 0 aromatic rings. The van der Waals surface area contributed by atoms with Crippen LogP contribution in [-0.2, 0) is 9.13 Å². The Balaban J connectivity index is 2.64. The molecule has 0 atom stereocenters. The summed E-state index contributed by atoms with van der Waals surface area (Å²) in [5, 5.41) is 7.17. The lowest BCUT2D eigenvalue weighted by Crippen LogP contribution is -1.72. The second kappa shape index (κ2) is 2.10. The van der Waals surface area contributed by atoms with Crippen molar-refractivity contribution in [3.8, 4) is 0 Å². The molecule has 0 aromatic heterocycles. The first-order valence-electron chi connectivity index (χ1n) is 2.98. The van der Waals surface area contributed by atoms with Crippen molar-refractivity contribution in [2.75, 3.05) is 0 Å². The Kier molecular flexibility index (Phi) is 1.23. The molecule has 1 heterocycles. The molecule has 1 aliphatic heterocycles. The fraction of sp³-hybridized carbons (Fsp3) is 0. The van der Waals surface area contributed by atoms with Gasteiger partial charge in [-0.2, -0.15) is 0 Å². The summed E-state index contributed by atoms with van der Waals surface area (Å²) in [6.45, 7) is 0. The number of fused-ring (bicyclic) bond motifs is 1. The summed E-state index contributed by atoms with van der Waals surface area (Å²) < 4.78 is 21.0. The van der Waals surface area contributed by atoms with Gasteiger partial charge in [0.25, 0.3) is 0 Å². The normalized spacial score (nSPS) is 19.1. The van der Waals surface area contributed by atoms with Gasteiger partial charge in [-0.1, -0.05) is 6.08 Å². The molecule has 0 saturated heterocycles. The van der Waals surface area contributed by atoms with Crippen molar-refractivity contribution < 1.29 is 9.13 Å². The van der Waals surface area contributed by atoms with E-state index in [1.54, 1.807) is 18.2 Å². The zero-order valence-corrected chi connectivity index (χ0v) is 6.28. The molecule has 2 aliphatic rings. The van der Waals surface area contributed by atoms with E-state index < -0.39 is 7.68 Å². The van der Waals surface area contributed by atoms with Crippen molar-refractivity contribution >= 4 is 7.68 Å². The molecule has 54 valence electrons.